The van der Waals surface area contributed by atoms with E-state index in [0.29, 0.717) is 23.4 Å². The van der Waals surface area contributed by atoms with E-state index in [1.165, 1.54) is 0 Å². The van der Waals surface area contributed by atoms with Gasteiger partial charge in [0.05, 0.1) is 16.7 Å². The predicted octanol–water partition coefficient (Wildman–Crippen LogP) is 2.57. The van der Waals surface area contributed by atoms with Crippen LogP contribution in [0.3, 0.4) is 0 Å². The molecule has 5 heteroatoms. The van der Waals surface area contributed by atoms with E-state index in [1.54, 1.807) is 31.2 Å². The molecule has 1 aromatic heterocycles. The monoisotopic (exact) mass is 293 g/mol. The third kappa shape index (κ3) is 2.88. The highest BCUT2D eigenvalue weighted by atomic mass is 16.3. The summed E-state index contributed by atoms with van der Waals surface area (Å²) in [4.78, 5) is 21.1. The molecule has 0 spiro atoms. The summed E-state index contributed by atoms with van der Waals surface area (Å²) >= 11 is 0. The normalized spacial score (nSPS) is 10.6. The van der Waals surface area contributed by atoms with Gasteiger partial charge in [-0.1, -0.05) is 24.3 Å². The molecular weight excluding hydrogens is 278 g/mol. The van der Waals surface area contributed by atoms with Gasteiger partial charge in [-0.25, -0.2) is 9.97 Å². The van der Waals surface area contributed by atoms with Crippen molar-refractivity contribution in [2.75, 3.05) is 0 Å². The summed E-state index contributed by atoms with van der Waals surface area (Å²) in [6.07, 6.45) is 0. The lowest BCUT2D eigenvalue weighted by molar-refractivity contribution is 0.0945. The number of fused-ring (bicyclic) bond motifs is 1. The van der Waals surface area contributed by atoms with Crippen LogP contribution in [-0.2, 0) is 6.54 Å². The second-order valence-corrected chi connectivity index (χ2v) is 5.00. The smallest absolute Gasteiger partial charge is 0.272 e. The summed E-state index contributed by atoms with van der Waals surface area (Å²) in [5, 5.41) is 12.1. The molecule has 0 fully saturated rings. The highest BCUT2D eigenvalue weighted by molar-refractivity contribution is 5.95. The molecule has 22 heavy (non-hydrogen) atoms. The van der Waals surface area contributed by atoms with Gasteiger partial charge in [0.25, 0.3) is 5.91 Å². The molecule has 2 N–H and O–H groups in total. The van der Waals surface area contributed by atoms with E-state index in [0.717, 1.165) is 11.1 Å². The second kappa shape index (κ2) is 5.81. The first-order valence-electron chi connectivity index (χ1n) is 6.93. The highest BCUT2D eigenvalue weighted by Gasteiger charge is 2.13. The highest BCUT2D eigenvalue weighted by Crippen LogP contribution is 2.13. The van der Waals surface area contributed by atoms with Crippen LogP contribution < -0.4 is 5.32 Å². The lowest BCUT2D eigenvalue weighted by Gasteiger charge is -2.08. The fourth-order valence-electron chi connectivity index (χ4n) is 2.18. The van der Waals surface area contributed by atoms with Crippen LogP contribution in [0.15, 0.2) is 48.5 Å². The number of nitrogens with zero attached hydrogens (tertiary/aromatic N) is 2. The maximum atomic E-state index is 12.3. The Labute approximate surface area is 127 Å². The summed E-state index contributed by atoms with van der Waals surface area (Å²) < 4.78 is 0. The number of nitrogens with one attached hydrogen (secondary N) is 1. The molecule has 1 heterocycles. The molecule has 0 unspecified atom stereocenters. The molecule has 0 radical (unpaired) electrons. The standard InChI is InChI=1S/C17H15N3O2/c1-11-16(20-15-5-3-2-4-14(15)19-11)17(22)18-10-12-6-8-13(21)9-7-12/h2-9,21H,10H2,1H3,(H,18,22). The SMILES string of the molecule is Cc1nc2ccccc2nc1C(=O)NCc1ccc(O)cc1. The van der Waals surface area contributed by atoms with Crippen molar-refractivity contribution in [1.82, 2.24) is 15.3 Å². The van der Waals surface area contributed by atoms with E-state index in [2.05, 4.69) is 15.3 Å². The number of phenolic OH excluding ortho intramolecular Hbond substituents is 1. The van der Waals surface area contributed by atoms with Gasteiger partial charge in [0.1, 0.15) is 11.4 Å². The first kappa shape index (κ1) is 14.0. The van der Waals surface area contributed by atoms with Gasteiger partial charge < -0.3 is 10.4 Å². The summed E-state index contributed by atoms with van der Waals surface area (Å²) in [7, 11) is 0. The van der Waals surface area contributed by atoms with Crippen molar-refractivity contribution in [2.45, 2.75) is 13.5 Å². The Bertz CT molecular complexity index is 829. The van der Waals surface area contributed by atoms with E-state index in [4.69, 9.17) is 0 Å². The van der Waals surface area contributed by atoms with Crippen molar-refractivity contribution in [1.29, 1.82) is 0 Å². The van der Waals surface area contributed by atoms with E-state index in [9.17, 15) is 9.90 Å². The summed E-state index contributed by atoms with van der Waals surface area (Å²) in [6.45, 7) is 2.14. The number of carbonyl (C=O) groups excluding carboxylic acids is 1. The Hall–Kier alpha value is -2.95. The lowest BCUT2D eigenvalue weighted by Crippen LogP contribution is -2.25. The molecule has 0 aliphatic carbocycles. The zero-order chi connectivity index (χ0) is 15.5. The zero-order valence-electron chi connectivity index (χ0n) is 12.1. The third-order valence-corrected chi connectivity index (χ3v) is 3.35. The van der Waals surface area contributed by atoms with Crippen LogP contribution in [0.5, 0.6) is 5.75 Å². The first-order valence-corrected chi connectivity index (χ1v) is 6.93. The first-order chi connectivity index (χ1) is 10.6. The van der Waals surface area contributed by atoms with Gasteiger partial charge in [-0.05, 0) is 36.8 Å². The van der Waals surface area contributed by atoms with Gasteiger partial charge in [0.2, 0.25) is 0 Å². The van der Waals surface area contributed by atoms with Crippen molar-refractivity contribution < 1.29 is 9.90 Å². The van der Waals surface area contributed by atoms with E-state index >= 15 is 0 Å². The number of benzene rings is 2. The predicted molar refractivity (Wildman–Crippen MR) is 83.6 cm³/mol. The molecular formula is C17H15N3O2. The third-order valence-electron chi connectivity index (χ3n) is 3.35. The zero-order valence-corrected chi connectivity index (χ0v) is 12.1. The summed E-state index contributed by atoms with van der Waals surface area (Å²) in [5.74, 6) is -0.0601. The number of aryl methyl sites for hydroxylation is 1. The number of carbonyl (C=O) groups is 1. The number of rotatable bonds is 3. The van der Waals surface area contributed by atoms with Crippen LogP contribution in [0.2, 0.25) is 0 Å². The summed E-state index contributed by atoms with van der Waals surface area (Å²) in [6, 6.07) is 14.1. The van der Waals surface area contributed by atoms with Gasteiger partial charge in [0, 0.05) is 6.54 Å². The number of para-hydroxylation sites is 2. The van der Waals surface area contributed by atoms with Gasteiger partial charge in [0.15, 0.2) is 0 Å². The molecule has 0 aliphatic heterocycles. The molecule has 3 rings (SSSR count). The molecule has 5 nitrogen and oxygen atoms in total. The van der Waals surface area contributed by atoms with Crippen LogP contribution in [0.25, 0.3) is 11.0 Å². The molecule has 0 saturated carbocycles. The molecule has 3 aromatic rings. The number of aromatic nitrogens is 2. The largest absolute Gasteiger partial charge is 0.508 e. The van der Waals surface area contributed by atoms with Gasteiger partial charge in [-0.2, -0.15) is 0 Å². The van der Waals surface area contributed by atoms with Crippen molar-refractivity contribution in [2.24, 2.45) is 0 Å². The van der Waals surface area contributed by atoms with Crippen molar-refractivity contribution in [3.05, 3.63) is 65.5 Å². The van der Waals surface area contributed by atoms with Crippen LogP contribution in [0.4, 0.5) is 0 Å². The number of phenols is 1. The Morgan fingerprint density at radius 3 is 2.36 bits per heavy atom. The van der Waals surface area contributed by atoms with E-state index in [1.807, 2.05) is 24.3 Å². The van der Waals surface area contributed by atoms with Crippen molar-refractivity contribution >= 4 is 16.9 Å². The van der Waals surface area contributed by atoms with Crippen molar-refractivity contribution in [3.63, 3.8) is 0 Å². The van der Waals surface area contributed by atoms with Crippen LogP contribution in [-0.4, -0.2) is 21.0 Å². The Kier molecular flexibility index (Phi) is 3.70. The minimum atomic E-state index is -0.260. The van der Waals surface area contributed by atoms with Crippen LogP contribution in [0, 0.1) is 6.92 Å². The Balaban J connectivity index is 1.79. The van der Waals surface area contributed by atoms with E-state index in [-0.39, 0.29) is 11.7 Å². The van der Waals surface area contributed by atoms with Crippen LogP contribution in [0.1, 0.15) is 21.7 Å². The minimum absolute atomic E-state index is 0.200. The topological polar surface area (TPSA) is 75.1 Å². The molecule has 0 aliphatic rings. The quantitative estimate of drug-likeness (QED) is 0.778. The fourth-order valence-corrected chi connectivity index (χ4v) is 2.18. The maximum Gasteiger partial charge on any atom is 0.272 e. The number of amides is 1. The minimum Gasteiger partial charge on any atom is -0.508 e. The average molecular weight is 293 g/mol. The van der Waals surface area contributed by atoms with Gasteiger partial charge in [-0.15, -0.1) is 0 Å². The Morgan fingerprint density at radius 1 is 1.05 bits per heavy atom. The molecule has 0 atom stereocenters. The van der Waals surface area contributed by atoms with Gasteiger partial charge in [-0.3, -0.25) is 4.79 Å². The Morgan fingerprint density at radius 2 is 1.68 bits per heavy atom. The maximum absolute atomic E-state index is 12.3. The van der Waals surface area contributed by atoms with Crippen molar-refractivity contribution in [3.8, 4) is 5.75 Å². The fraction of sp³-hybridized carbons (Fsp3) is 0.118. The van der Waals surface area contributed by atoms with Gasteiger partial charge >= 0.3 is 0 Å². The average Bonchev–Trinajstić information content (AvgIpc) is 2.53. The van der Waals surface area contributed by atoms with Crippen LogP contribution >= 0.6 is 0 Å². The molecule has 2 aromatic carbocycles. The molecule has 0 bridgehead atoms. The second-order valence-electron chi connectivity index (χ2n) is 5.00. The van der Waals surface area contributed by atoms with E-state index < -0.39 is 0 Å². The lowest BCUT2D eigenvalue weighted by atomic mass is 10.2. The molecule has 1 amide bonds. The molecule has 110 valence electrons. The number of hydrogen-bond acceptors (Lipinski definition) is 4. The molecule has 0 saturated heterocycles. The summed E-state index contributed by atoms with van der Waals surface area (Å²) in [5.41, 5.74) is 3.30. The number of hydrogen-bond donors (Lipinski definition) is 2. The number of aromatic hydroxyl groups is 1.